The van der Waals surface area contributed by atoms with E-state index in [1.165, 1.54) is 0 Å². The fourth-order valence-corrected chi connectivity index (χ4v) is 2.73. The molecule has 1 aliphatic heterocycles. The van der Waals surface area contributed by atoms with Crippen molar-refractivity contribution in [3.63, 3.8) is 0 Å². The lowest BCUT2D eigenvalue weighted by molar-refractivity contribution is -0.123. The number of ether oxygens (including phenoxy) is 3. The van der Waals surface area contributed by atoms with E-state index >= 15 is 0 Å². The van der Waals surface area contributed by atoms with Gasteiger partial charge in [0.2, 0.25) is 11.8 Å². The zero-order valence-electron chi connectivity index (χ0n) is 14.0. The molecule has 1 aromatic heterocycles. The first-order valence-electron chi connectivity index (χ1n) is 7.69. The molecule has 6 nitrogen and oxygen atoms in total. The molecule has 0 fully saturated rings. The topological polar surface area (TPSA) is 60.9 Å². The van der Waals surface area contributed by atoms with E-state index in [1.54, 1.807) is 38.4 Å². The molecule has 0 saturated heterocycles. The molecular formula is C18H20N2O4. The van der Waals surface area contributed by atoms with E-state index in [-0.39, 0.29) is 11.8 Å². The molecular weight excluding hydrogens is 308 g/mol. The lowest BCUT2D eigenvalue weighted by Crippen LogP contribution is -2.38. The van der Waals surface area contributed by atoms with Gasteiger partial charge in [-0.3, -0.25) is 4.79 Å². The molecule has 0 N–H and O–H groups in total. The molecule has 3 rings (SSSR count). The fraction of sp³-hybridized carbons (Fsp3) is 0.333. The highest BCUT2D eigenvalue weighted by atomic mass is 16.5. The number of hydrogen-bond acceptors (Lipinski definition) is 5. The second kappa shape index (κ2) is 6.78. The van der Waals surface area contributed by atoms with E-state index in [0.29, 0.717) is 18.9 Å². The Labute approximate surface area is 141 Å². The monoisotopic (exact) mass is 328 g/mol. The number of carbonyl (C=O) groups excluding carboxylic acids is 1. The van der Waals surface area contributed by atoms with Crippen molar-refractivity contribution in [1.82, 2.24) is 4.98 Å². The zero-order chi connectivity index (χ0) is 17.1. The van der Waals surface area contributed by atoms with Gasteiger partial charge in [0.25, 0.3) is 0 Å². The van der Waals surface area contributed by atoms with Crippen molar-refractivity contribution in [2.45, 2.75) is 6.42 Å². The molecule has 1 amide bonds. The summed E-state index contributed by atoms with van der Waals surface area (Å²) in [5.74, 6) is 1.83. The van der Waals surface area contributed by atoms with Crippen molar-refractivity contribution >= 4 is 11.6 Å². The smallest absolute Gasteiger partial charge is 0.233 e. The Kier molecular flexibility index (Phi) is 4.55. The number of hydrogen-bond donors (Lipinski definition) is 0. The van der Waals surface area contributed by atoms with E-state index < -0.39 is 0 Å². The van der Waals surface area contributed by atoms with E-state index in [9.17, 15) is 4.79 Å². The molecule has 1 aliphatic rings. The molecule has 0 spiro atoms. The lowest BCUT2D eigenvalue weighted by Gasteiger charge is -2.28. The van der Waals surface area contributed by atoms with Crippen LogP contribution < -0.4 is 19.1 Å². The Morgan fingerprint density at radius 1 is 1.25 bits per heavy atom. The van der Waals surface area contributed by atoms with Gasteiger partial charge in [0.1, 0.15) is 18.1 Å². The normalized spacial score (nSPS) is 15.9. The number of anilines is 1. The summed E-state index contributed by atoms with van der Waals surface area (Å²) in [4.78, 5) is 18.5. The Morgan fingerprint density at radius 3 is 2.75 bits per heavy atom. The lowest BCUT2D eigenvalue weighted by atomic mass is 9.95. The summed E-state index contributed by atoms with van der Waals surface area (Å²) in [6.45, 7) is 0.354. The third-order valence-electron chi connectivity index (χ3n) is 4.18. The molecule has 1 aromatic carbocycles. The van der Waals surface area contributed by atoms with Crippen LogP contribution in [0, 0.1) is 5.92 Å². The van der Waals surface area contributed by atoms with Crippen molar-refractivity contribution in [2.24, 2.45) is 5.92 Å². The minimum atomic E-state index is -0.224. The number of methoxy groups -OCH3 is 2. The highest BCUT2D eigenvalue weighted by molar-refractivity contribution is 5.94. The Bertz CT molecular complexity index is 730. The molecule has 0 unspecified atom stereocenters. The minimum absolute atomic E-state index is 0.00318. The maximum atomic E-state index is 12.7. The quantitative estimate of drug-likeness (QED) is 0.862. The van der Waals surface area contributed by atoms with Crippen LogP contribution in [0.4, 0.5) is 5.69 Å². The third-order valence-corrected chi connectivity index (χ3v) is 4.18. The zero-order valence-corrected chi connectivity index (χ0v) is 14.0. The van der Waals surface area contributed by atoms with E-state index in [2.05, 4.69) is 4.98 Å². The van der Waals surface area contributed by atoms with Crippen LogP contribution in [0.25, 0.3) is 0 Å². The highest BCUT2D eigenvalue weighted by Gasteiger charge is 2.29. The first-order valence-corrected chi connectivity index (χ1v) is 7.69. The van der Waals surface area contributed by atoms with Crippen molar-refractivity contribution in [1.29, 1.82) is 0 Å². The highest BCUT2D eigenvalue weighted by Crippen LogP contribution is 2.32. The number of rotatable bonds is 4. The van der Waals surface area contributed by atoms with Crippen molar-refractivity contribution in [3.05, 3.63) is 42.1 Å². The summed E-state index contributed by atoms with van der Waals surface area (Å²) in [6, 6.07) is 9.23. The average Bonchev–Trinajstić information content (AvgIpc) is 2.66. The summed E-state index contributed by atoms with van der Waals surface area (Å²) in [5.41, 5.74) is 1.74. The SMILES string of the molecule is COc1ccc2c(c1)OC[C@@H](C(=O)N(C)c1ccc(OC)nc1)C2. The fourth-order valence-electron chi connectivity index (χ4n) is 2.73. The summed E-state index contributed by atoms with van der Waals surface area (Å²) in [7, 11) is 4.92. The van der Waals surface area contributed by atoms with Crippen LogP contribution in [-0.4, -0.2) is 38.8 Å². The average molecular weight is 328 g/mol. The van der Waals surface area contributed by atoms with Gasteiger partial charge in [0.05, 0.1) is 32.0 Å². The van der Waals surface area contributed by atoms with E-state index in [1.807, 2.05) is 24.3 Å². The summed E-state index contributed by atoms with van der Waals surface area (Å²) in [6.07, 6.45) is 2.27. The molecule has 0 radical (unpaired) electrons. The van der Waals surface area contributed by atoms with Crippen LogP contribution in [0.5, 0.6) is 17.4 Å². The largest absolute Gasteiger partial charge is 0.497 e. The molecule has 126 valence electrons. The van der Waals surface area contributed by atoms with Gasteiger partial charge in [-0.25, -0.2) is 4.98 Å². The molecule has 6 heteroatoms. The van der Waals surface area contributed by atoms with Gasteiger partial charge in [-0.2, -0.15) is 0 Å². The number of carbonyl (C=O) groups is 1. The van der Waals surface area contributed by atoms with Gasteiger partial charge < -0.3 is 19.1 Å². The van der Waals surface area contributed by atoms with Crippen LogP contribution in [0.1, 0.15) is 5.56 Å². The Hall–Kier alpha value is -2.76. The molecule has 0 bridgehead atoms. The first-order chi connectivity index (χ1) is 11.6. The van der Waals surface area contributed by atoms with Gasteiger partial charge in [-0.05, 0) is 24.1 Å². The van der Waals surface area contributed by atoms with Gasteiger partial charge in [-0.15, -0.1) is 0 Å². The standard InChI is InChI=1S/C18H20N2O4/c1-20(14-5-7-17(23-3)19-10-14)18(21)13-8-12-4-6-15(22-2)9-16(12)24-11-13/h4-7,9-10,13H,8,11H2,1-3H3/t13-/m0/s1. The van der Waals surface area contributed by atoms with Gasteiger partial charge in [0, 0.05) is 19.2 Å². The van der Waals surface area contributed by atoms with Crippen LogP contribution in [0.2, 0.25) is 0 Å². The maximum Gasteiger partial charge on any atom is 0.233 e. The van der Waals surface area contributed by atoms with Crippen molar-refractivity contribution in [3.8, 4) is 17.4 Å². The predicted molar refractivity (Wildman–Crippen MR) is 89.9 cm³/mol. The molecule has 2 aromatic rings. The van der Waals surface area contributed by atoms with E-state index in [4.69, 9.17) is 14.2 Å². The number of nitrogens with zero attached hydrogens (tertiary/aromatic N) is 2. The summed E-state index contributed by atoms with van der Waals surface area (Å²) >= 11 is 0. The Balaban J connectivity index is 1.72. The molecule has 0 aliphatic carbocycles. The van der Waals surface area contributed by atoms with Gasteiger partial charge >= 0.3 is 0 Å². The number of benzene rings is 1. The number of amides is 1. The number of fused-ring (bicyclic) bond motifs is 1. The van der Waals surface area contributed by atoms with Crippen molar-refractivity contribution < 1.29 is 19.0 Å². The van der Waals surface area contributed by atoms with E-state index in [0.717, 1.165) is 22.7 Å². The second-order valence-corrected chi connectivity index (χ2v) is 5.64. The molecule has 2 heterocycles. The molecule has 1 atom stereocenters. The predicted octanol–water partition coefficient (Wildman–Crippen LogP) is 2.31. The number of pyridine rings is 1. The van der Waals surface area contributed by atoms with Crippen molar-refractivity contribution in [2.75, 3.05) is 32.8 Å². The van der Waals surface area contributed by atoms with Gasteiger partial charge in [0.15, 0.2) is 0 Å². The maximum absolute atomic E-state index is 12.7. The first kappa shape index (κ1) is 16.1. The van der Waals surface area contributed by atoms with Crippen LogP contribution >= 0.6 is 0 Å². The second-order valence-electron chi connectivity index (χ2n) is 5.64. The Morgan fingerprint density at radius 2 is 2.08 bits per heavy atom. The van der Waals surface area contributed by atoms with Crippen LogP contribution in [0.15, 0.2) is 36.5 Å². The molecule has 24 heavy (non-hydrogen) atoms. The molecule has 0 saturated carbocycles. The number of aromatic nitrogens is 1. The summed E-state index contributed by atoms with van der Waals surface area (Å²) < 4.78 is 16.0. The summed E-state index contributed by atoms with van der Waals surface area (Å²) in [5, 5.41) is 0. The third kappa shape index (κ3) is 3.13. The van der Waals surface area contributed by atoms with Crippen LogP contribution in [-0.2, 0) is 11.2 Å². The minimum Gasteiger partial charge on any atom is -0.497 e. The van der Waals surface area contributed by atoms with Gasteiger partial charge in [-0.1, -0.05) is 6.07 Å². The van der Waals surface area contributed by atoms with Crippen LogP contribution in [0.3, 0.4) is 0 Å².